The van der Waals surface area contributed by atoms with E-state index in [9.17, 15) is 18.0 Å². The molecule has 3 aromatic carbocycles. The number of amides is 2. The van der Waals surface area contributed by atoms with Gasteiger partial charge in [-0.05, 0) is 62.4 Å². The number of ether oxygens (including phenoxy) is 1. The van der Waals surface area contributed by atoms with Crippen LogP contribution in [0.5, 0.6) is 0 Å². The van der Waals surface area contributed by atoms with E-state index >= 15 is 0 Å². The van der Waals surface area contributed by atoms with Crippen LogP contribution in [0.4, 0.5) is 21.9 Å². The number of nitrogens with zero attached hydrogens (tertiary/aromatic N) is 3. The second kappa shape index (κ2) is 10.1. The molecule has 5 rings (SSSR count). The standard InChI is InChI=1S/C28H26N4O5S/c1-19(2)37-28(34)32-18-17-31(23-9-3-4-10-24(23)32)27(33)21-12-14-22(15-13-21)30-38(35,36)25-11-5-7-20-8-6-16-29-26(20)25/h3-16,19,30H,17-18H2,1-2H3. The van der Waals surface area contributed by atoms with Crippen LogP contribution < -0.4 is 14.5 Å². The minimum Gasteiger partial charge on any atom is -0.446 e. The summed E-state index contributed by atoms with van der Waals surface area (Å²) in [6.07, 6.45) is 0.826. The van der Waals surface area contributed by atoms with Crippen LogP contribution in [0.15, 0.2) is 90.0 Å². The second-order valence-corrected chi connectivity index (χ2v) is 10.7. The summed E-state index contributed by atoms with van der Waals surface area (Å²) in [5.41, 5.74) is 2.26. The van der Waals surface area contributed by atoms with E-state index in [0.717, 1.165) is 0 Å². The number of hydrogen-bond donors (Lipinski definition) is 1. The molecule has 2 heterocycles. The lowest BCUT2D eigenvalue weighted by Crippen LogP contribution is -2.47. The molecule has 0 spiro atoms. The zero-order chi connectivity index (χ0) is 26.9. The van der Waals surface area contributed by atoms with Gasteiger partial charge in [-0.15, -0.1) is 0 Å². The summed E-state index contributed by atoms with van der Waals surface area (Å²) in [7, 11) is -3.91. The molecule has 1 N–H and O–H groups in total. The zero-order valence-electron chi connectivity index (χ0n) is 20.9. The molecule has 0 aliphatic carbocycles. The summed E-state index contributed by atoms with van der Waals surface area (Å²) in [4.78, 5) is 33.4. The average Bonchev–Trinajstić information content (AvgIpc) is 2.91. The maximum Gasteiger partial charge on any atom is 0.414 e. The molecule has 1 aromatic heterocycles. The average molecular weight is 531 g/mol. The molecule has 0 fully saturated rings. The minimum absolute atomic E-state index is 0.0706. The number of carbonyl (C=O) groups is 2. The molecule has 0 unspecified atom stereocenters. The van der Waals surface area contributed by atoms with Gasteiger partial charge in [0.15, 0.2) is 0 Å². The van der Waals surface area contributed by atoms with Crippen LogP contribution in [0.1, 0.15) is 24.2 Å². The molecule has 2 amide bonds. The second-order valence-electron chi connectivity index (χ2n) is 9.04. The maximum absolute atomic E-state index is 13.4. The molecular formula is C28H26N4O5S. The Morgan fingerprint density at radius 2 is 1.53 bits per heavy atom. The molecule has 0 saturated heterocycles. The summed E-state index contributed by atoms with van der Waals surface area (Å²) in [5.74, 6) is -0.262. The molecule has 9 nitrogen and oxygen atoms in total. The third kappa shape index (κ3) is 4.90. The van der Waals surface area contributed by atoms with Gasteiger partial charge in [-0.2, -0.15) is 0 Å². The predicted octanol–water partition coefficient (Wildman–Crippen LogP) is 5.05. The topological polar surface area (TPSA) is 109 Å². The van der Waals surface area contributed by atoms with Gasteiger partial charge < -0.3 is 9.64 Å². The number of carbonyl (C=O) groups excluding carboxylic acids is 2. The van der Waals surface area contributed by atoms with Gasteiger partial charge in [-0.1, -0.05) is 30.3 Å². The van der Waals surface area contributed by atoms with Crippen molar-refractivity contribution in [2.75, 3.05) is 27.6 Å². The van der Waals surface area contributed by atoms with Gasteiger partial charge >= 0.3 is 6.09 Å². The Morgan fingerprint density at radius 3 is 2.24 bits per heavy atom. The number of aromatic nitrogens is 1. The number of para-hydroxylation sites is 3. The van der Waals surface area contributed by atoms with E-state index in [2.05, 4.69) is 9.71 Å². The van der Waals surface area contributed by atoms with E-state index in [-0.39, 0.29) is 30.0 Å². The number of benzene rings is 3. The predicted molar refractivity (Wildman–Crippen MR) is 146 cm³/mol. The van der Waals surface area contributed by atoms with Crippen molar-refractivity contribution >= 4 is 50.0 Å². The van der Waals surface area contributed by atoms with Crippen molar-refractivity contribution in [3.8, 4) is 0 Å². The third-order valence-electron chi connectivity index (χ3n) is 6.08. The summed E-state index contributed by atoms with van der Waals surface area (Å²) in [6, 6.07) is 21.9. The van der Waals surface area contributed by atoms with Crippen LogP contribution in [0.25, 0.3) is 10.9 Å². The van der Waals surface area contributed by atoms with Gasteiger partial charge in [0, 0.05) is 35.9 Å². The molecule has 1 aliphatic heterocycles. The molecule has 0 bridgehead atoms. The van der Waals surface area contributed by atoms with Crippen molar-refractivity contribution in [3.05, 3.63) is 90.6 Å². The smallest absolute Gasteiger partial charge is 0.414 e. The van der Waals surface area contributed by atoms with E-state index in [0.29, 0.717) is 33.5 Å². The van der Waals surface area contributed by atoms with Gasteiger partial charge in [0.1, 0.15) is 4.90 Å². The Hall–Kier alpha value is -4.44. The van der Waals surface area contributed by atoms with Crippen LogP contribution in [0, 0.1) is 0 Å². The lowest BCUT2D eigenvalue weighted by molar-refractivity contribution is 0.0982. The summed E-state index contributed by atoms with van der Waals surface area (Å²) >= 11 is 0. The summed E-state index contributed by atoms with van der Waals surface area (Å²) in [6.45, 7) is 4.13. The summed E-state index contributed by atoms with van der Waals surface area (Å²) < 4.78 is 34.1. The quantitative estimate of drug-likeness (QED) is 0.387. The van der Waals surface area contributed by atoms with Crippen molar-refractivity contribution in [1.29, 1.82) is 0 Å². The molecule has 0 saturated carbocycles. The van der Waals surface area contributed by atoms with Crippen LogP contribution in [0.3, 0.4) is 0 Å². The van der Waals surface area contributed by atoms with Gasteiger partial charge in [0.2, 0.25) is 0 Å². The van der Waals surface area contributed by atoms with E-state index in [4.69, 9.17) is 4.74 Å². The first-order chi connectivity index (χ1) is 18.2. The van der Waals surface area contributed by atoms with Crippen molar-refractivity contribution in [1.82, 2.24) is 4.98 Å². The van der Waals surface area contributed by atoms with Crippen LogP contribution in [-0.4, -0.2) is 44.6 Å². The van der Waals surface area contributed by atoms with Gasteiger partial charge in [0.25, 0.3) is 15.9 Å². The normalized spacial score (nSPS) is 13.3. The number of rotatable bonds is 5. The Kier molecular flexibility index (Phi) is 6.73. The number of nitrogens with one attached hydrogen (secondary N) is 1. The molecule has 10 heteroatoms. The monoisotopic (exact) mass is 530 g/mol. The molecule has 0 radical (unpaired) electrons. The Bertz CT molecular complexity index is 1610. The molecule has 1 aliphatic rings. The molecule has 4 aromatic rings. The lowest BCUT2D eigenvalue weighted by atomic mass is 10.1. The fourth-order valence-electron chi connectivity index (χ4n) is 4.37. The number of pyridine rings is 1. The van der Waals surface area contributed by atoms with Gasteiger partial charge in [-0.3, -0.25) is 19.4 Å². The Labute approximate surface area is 220 Å². The Morgan fingerprint density at radius 1 is 0.868 bits per heavy atom. The SMILES string of the molecule is CC(C)OC(=O)N1CCN(C(=O)c2ccc(NS(=O)(=O)c3cccc4cccnc34)cc2)c2ccccc21. The van der Waals surface area contributed by atoms with Gasteiger partial charge in [-0.25, -0.2) is 13.2 Å². The van der Waals surface area contributed by atoms with Crippen molar-refractivity contribution in [2.45, 2.75) is 24.8 Å². The van der Waals surface area contributed by atoms with Crippen LogP contribution >= 0.6 is 0 Å². The number of anilines is 3. The highest BCUT2D eigenvalue weighted by atomic mass is 32.2. The number of hydrogen-bond acceptors (Lipinski definition) is 6. The van der Waals surface area contributed by atoms with E-state index in [1.165, 1.54) is 11.0 Å². The van der Waals surface area contributed by atoms with E-state index < -0.39 is 16.1 Å². The fraction of sp³-hybridized carbons (Fsp3) is 0.179. The highest BCUT2D eigenvalue weighted by Gasteiger charge is 2.31. The highest BCUT2D eigenvalue weighted by Crippen LogP contribution is 2.34. The van der Waals surface area contributed by atoms with Crippen molar-refractivity contribution in [2.24, 2.45) is 0 Å². The van der Waals surface area contributed by atoms with Crippen molar-refractivity contribution in [3.63, 3.8) is 0 Å². The first kappa shape index (κ1) is 25.2. The molecule has 194 valence electrons. The van der Waals surface area contributed by atoms with Crippen molar-refractivity contribution < 1.29 is 22.7 Å². The highest BCUT2D eigenvalue weighted by molar-refractivity contribution is 7.93. The van der Waals surface area contributed by atoms with E-state index in [1.807, 2.05) is 0 Å². The van der Waals surface area contributed by atoms with E-state index in [1.54, 1.807) is 97.7 Å². The molecule has 38 heavy (non-hydrogen) atoms. The number of sulfonamides is 1. The summed E-state index contributed by atoms with van der Waals surface area (Å²) in [5, 5.41) is 0.717. The third-order valence-corrected chi connectivity index (χ3v) is 7.49. The first-order valence-corrected chi connectivity index (χ1v) is 13.6. The number of fused-ring (bicyclic) bond motifs is 2. The first-order valence-electron chi connectivity index (χ1n) is 12.1. The Balaban J connectivity index is 1.36. The van der Waals surface area contributed by atoms with Crippen LogP contribution in [0.2, 0.25) is 0 Å². The van der Waals surface area contributed by atoms with Crippen LogP contribution in [-0.2, 0) is 14.8 Å². The molecule has 0 atom stereocenters. The fourth-order valence-corrected chi connectivity index (χ4v) is 5.61. The maximum atomic E-state index is 13.4. The minimum atomic E-state index is -3.91. The van der Waals surface area contributed by atoms with Gasteiger partial charge in [0.05, 0.1) is 23.0 Å². The zero-order valence-corrected chi connectivity index (χ0v) is 21.7. The molecular weight excluding hydrogens is 504 g/mol. The largest absolute Gasteiger partial charge is 0.446 e. The lowest BCUT2D eigenvalue weighted by Gasteiger charge is -2.36.